The first-order chi connectivity index (χ1) is 16.7. The van der Waals surface area contributed by atoms with Crippen molar-refractivity contribution >= 4 is 27.5 Å². The van der Waals surface area contributed by atoms with Gasteiger partial charge in [0.25, 0.3) is 0 Å². The second kappa shape index (κ2) is 7.48. The van der Waals surface area contributed by atoms with Crippen molar-refractivity contribution in [2.24, 2.45) is 0 Å². The minimum absolute atomic E-state index is 0.366. The van der Waals surface area contributed by atoms with Gasteiger partial charge in [0.15, 0.2) is 0 Å². The summed E-state index contributed by atoms with van der Waals surface area (Å²) in [5, 5.41) is 2.65. The van der Waals surface area contributed by atoms with Crippen LogP contribution in [0, 0.1) is 6.92 Å². The van der Waals surface area contributed by atoms with Gasteiger partial charge in [-0.1, -0.05) is 60.7 Å². The van der Waals surface area contributed by atoms with E-state index >= 15 is 0 Å². The molecule has 0 N–H and O–H groups in total. The third-order valence-corrected chi connectivity index (χ3v) is 8.03. The molecule has 0 spiro atoms. The second-order valence-electron chi connectivity index (χ2n) is 9.86. The lowest BCUT2D eigenvalue weighted by Gasteiger charge is -2.46. The number of fused-ring (bicyclic) bond motifs is 5. The predicted molar refractivity (Wildman–Crippen MR) is 142 cm³/mol. The monoisotopic (exact) mass is 443 g/mol. The molecule has 1 saturated heterocycles. The van der Waals surface area contributed by atoms with Crippen LogP contribution < -0.4 is 4.90 Å². The fourth-order valence-electron chi connectivity index (χ4n) is 6.40. The van der Waals surface area contributed by atoms with Crippen molar-refractivity contribution in [2.45, 2.75) is 39.0 Å². The van der Waals surface area contributed by atoms with Gasteiger partial charge in [-0.05, 0) is 67.3 Å². The molecule has 5 aromatic rings. The van der Waals surface area contributed by atoms with Gasteiger partial charge in [-0.2, -0.15) is 0 Å². The zero-order chi connectivity index (χ0) is 22.8. The van der Waals surface area contributed by atoms with E-state index < -0.39 is 0 Å². The van der Waals surface area contributed by atoms with Crippen molar-refractivity contribution in [1.29, 1.82) is 0 Å². The van der Waals surface area contributed by atoms with Crippen LogP contribution in [0.5, 0.6) is 0 Å². The number of rotatable bonds is 2. The molecular formula is C31H29N3. The SMILES string of the molecule is Cc1cc2c(cc1N1C3CCN(Cc4ccccc43)[C@@H]1C)c1ccccc1n2-c1ccccc1. The van der Waals surface area contributed by atoms with Crippen LogP contribution in [0.25, 0.3) is 27.5 Å². The van der Waals surface area contributed by atoms with Gasteiger partial charge in [0.05, 0.1) is 23.2 Å². The summed E-state index contributed by atoms with van der Waals surface area (Å²) in [6.45, 7) is 6.87. The fourth-order valence-corrected chi connectivity index (χ4v) is 6.40. The minimum atomic E-state index is 0.366. The first-order valence-corrected chi connectivity index (χ1v) is 12.4. The minimum Gasteiger partial charge on any atom is -0.349 e. The fraction of sp³-hybridized carbons (Fsp3) is 0.226. The Morgan fingerprint density at radius 2 is 1.53 bits per heavy atom. The number of nitrogens with zero attached hydrogens (tertiary/aromatic N) is 3. The Morgan fingerprint density at radius 3 is 2.41 bits per heavy atom. The molecule has 3 aliphatic rings. The average Bonchev–Trinajstić information content (AvgIpc) is 2.99. The summed E-state index contributed by atoms with van der Waals surface area (Å²) in [6.07, 6.45) is 1.54. The van der Waals surface area contributed by atoms with Crippen LogP contribution in [0.4, 0.5) is 5.69 Å². The van der Waals surface area contributed by atoms with E-state index in [2.05, 4.69) is 119 Å². The molecule has 0 saturated carbocycles. The van der Waals surface area contributed by atoms with Crippen molar-refractivity contribution < 1.29 is 0 Å². The molecule has 2 bridgehead atoms. The molecule has 8 rings (SSSR count). The van der Waals surface area contributed by atoms with Gasteiger partial charge in [0.1, 0.15) is 0 Å². The number of para-hydroxylation sites is 2. The van der Waals surface area contributed by atoms with Crippen LogP contribution >= 0.6 is 0 Å². The van der Waals surface area contributed by atoms with Crippen LogP contribution in [0.1, 0.15) is 36.1 Å². The quantitative estimate of drug-likeness (QED) is 0.286. The topological polar surface area (TPSA) is 11.4 Å². The maximum atomic E-state index is 2.69. The molecular weight excluding hydrogens is 414 g/mol. The molecule has 3 atom stereocenters. The lowest BCUT2D eigenvalue weighted by molar-refractivity contribution is 0.154. The number of hydrogen-bond acceptors (Lipinski definition) is 2. The molecule has 3 aliphatic heterocycles. The number of aromatic nitrogens is 1. The van der Waals surface area contributed by atoms with Gasteiger partial charge in [-0.15, -0.1) is 0 Å². The molecule has 0 radical (unpaired) electrons. The van der Waals surface area contributed by atoms with Crippen LogP contribution in [0.15, 0.2) is 91.0 Å². The van der Waals surface area contributed by atoms with Crippen LogP contribution in [0.3, 0.4) is 0 Å². The van der Waals surface area contributed by atoms with Gasteiger partial charge in [-0.25, -0.2) is 0 Å². The Hall–Kier alpha value is -3.56. The van der Waals surface area contributed by atoms with E-state index in [4.69, 9.17) is 0 Å². The molecule has 1 fully saturated rings. The maximum Gasteiger partial charge on any atom is 0.0801 e. The summed E-state index contributed by atoms with van der Waals surface area (Å²) in [4.78, 5) is 5.33. The molecule has 0 amide bonds. The van der Waals surface area contributed by atoms with Crippen LogP contribution in [0.2, 0.25) is 0 Å². The number of aryl methyl sites for hydroxylation is 1. The molecule has 4 aromatic carbocycles. The van der Waals surface area contributed by atoms with Crippen LogP contribution in [-0.4, -0.2) is 22.2 Å². The second-order valence-corrected chi connectivity index (χ2v) is 9.86. The highest BCUT2D eigenvalue weighted by molar-refractivity contribution is 6.10. The summed E-state index contributed by atoms with van der Waals surface area (Å²) in [5.41, 5.74) is 9.44. The van der Waals surface area contributed by atoms with Crippen molar-refractivity contribution in [3.05, 3.63) is 108 Å². The van der Waals surface area contributed by atoms with Gasteiger partial charge >= 0.3 is 0 Å². The van der Waals surface area contributed by atoms with E-state index in [-0.39, 0.29) is 0 Å². The van der Waals surface area contributed by atoms with E-state index in [1.807, 2.05) is 0 Å². The molecule has 1 aromatic heterocycles. The van der Waals surface area contributed by atoms with E-state index in [1.165, 1.54) is 56.3 Å². The van der Waals surface area contributed by atoms with Gasteiger partial charge in [0.2, 0.25) is 0 Å². The average molecular weight is 444 g/mol. The normalized spacial score (nSPS) is 21.7. The highest BCUT2D eigenvalue weighted by Crippen LogP contribution is 2.45. The largest absolute Gasteiger partial charge is 0.349 e. The first kappa shape index (κ1) is 19.9. The molecule has 2 unspecified atom stereocenters. The van der Waals surface area contributed by atoms with Crippen molar-refractivity contribution in [2.75, 3.05) is 11.4 Å². The summed E-state index contributed by atoms with van der Waals surface area (Å²) >= 11 is 0. The Labute approximate surface area is 200 Å². The zero-order valence-corrected chi connectivity index (χ0v) is 19.8. The van der Waals surface area contributed by atoms with E-state index in [9.17, 15) is 0 Å². The molecule has 4 heterocycles. The Bertz CT molecular complexity index is 1530. The first-order valence-electron chi connectivity index (χ1n) is 12.4. The molecule has 3 heteroatoms. The Morgan fingerprint density at radius 1 is 0.765 bits per heavy atom. The summed E-state index contributed by atoms with van der Waals surface area (Å²) in [7, 11) is 0. The van der Waals surface area contributed by atoms with Gasteiger partial charge < -0.3 is 9.47 Å². The lowest BCUT2D eigenvalue weighted by Crippen LogP contribution is -2.51. The number of hydrogen-bond donors (Lipinski definition) is 0. The zero-order valence-electron chi connectivity index (χ0n) is 19.8. The van der Waals surface area contributed by atoms with E-state index in [0.29, 0.717) is 12.2 Å². The summed E-state index contributed by atoms with van der Waals surface area (Å²) in [5.74, 6) is 0. The Balaban J connectivity index is 1.48. The highest BCUT2D eigenvalue weighted by atomic mass is 15.4. The third kappa shape index (κ3) is 2.80. The van der Waals surface area contributed by atoms with Crippen molar-refractivity contribution in [3.8, 4) is 5.69 Å². The standard InChI is InChI=1S/C31H29N3/c1-21-18-31-27(26-14-8-9-15-28(26)34(31)24-11-4-3-5-12-24)19-30(21)33-22(2)32-17-16-29(33)25-13-7-6-10-23(25)20-32/h3-15,18-19,22,29H,16-17,20H2,1-2H3/t22-,29?/m0/s1. The van der Waals surface area contributed by atoms with Gasteiger partial charge in [0, 0.05) is 35.2 Å². The molecule has 168 valence electrons. The predicted octanol–water partition coefficient (Wildman–Crippen LogP) is 7.21. The molecule has 3 nitrogen and oxygen atoms in total. The highest BCUT2D eigenvalue weighted by Gasteiger charge is 2.39. The Kier molecular flexibility index (Phi) is 4.37. The van der Waals surface area contributed by atoms with E-state index in [0.717, 1.165) is 13.1 Å². The van der Waals surface area contributed by atoms with E-state index in [1.54, 1.807) is 0 Å². The van der Waals surface area contributed by atoms with Crippen molar-refractivity contribution in [1.82, 2.24) is 9.47 Å². The number of anilines is 1. The van der Waals surface area contributed by atoms with Crippen LogP contribution in [-0.2, 0) is 6.54 Å². The summed E-state index contributed by atoms with van der Waals surface area (Å²) < 4.78 is 2.41. The smallest absolute Gasteiger partial charge is 0.0801 e. The lowest BCUT2D eigenvalue weighted by atomic mass is 9.95. The molecule has 0 aliphatic carbocycles. The molecule has 34 heavy (non-hydrogen) atoms. The van der Waals surface area contributed by atoms with Crippen molar-refractivity contribution in [3.63, 3.8) is 0 Å². The number of benzene rings is 4. The summed E-state index contributed by atoms with van der Waals surface area (Å²) in [6, 6.07) is 33.9. The van der Waals surface area contributed by atoms with Gasteiger partial charge in [-0.3, -0.25) is 4.90 Å². The maximum absolute atomic E-state index is 2.69. The third-order valence-electron chi connectivity index (χ3n) is 8.03.